The lowest BCUT2D eigenvalue weighted by molar-refractivity contribution is -0.385. The maximum absolute atomic E-state index is 12.6. The number of rotatable bonds is 2. The Morgan fingerprint density at radius 2 is 1.61 bits per heavy atom. The Morgan fingerprint density at radius 1 is 1.00 bits per heavy atom. The van der Waals surface area contributed by atoms with Crippen molar-refractivity contribution in [2.75, 3.05) is 0 Å². The van der Waals surface area contributed by atoms with Gasteiger partial charge >= 0.3 is 11.1 Å². The molecule has 23 heavy (non-hydrogen) atoms. The van der Waals surface area contributed by atoms with Crippen LogP contribution in [0.25, 0.3) is 0 Å². The van der Waals surface area contributed by atoms with Crippen LogP contribution in [0.5, 0.6) is 5.75 Å². The summed E-state index contributed by atoms with van der Waals surface area (Å²) in [6.07, 6.45) is 0. The fourth-order valence-electron chi connectivity index (χ4n) is 2.50. The molecule has 0 spiro atoms. The topological polar surface area (TPSA) is 104 Å². The van der Waals surface area contributed by atoms with Gasteiger partial charge in [-0.25, -0.2) is 4.79 Å². The predicted octanol–water partition coefficient (Wildman–Crippen LogP) is 3.11. The normalized spacial score (nSPS) is 12.4. The third kappa shape index (κ3) is 2.27. The summed E-state index contributed by atoms with van der Waals surface area (Å²) in [7, 11) is 0. The van der Waals surface area contributed by atoms with Crippen LogP contribution in [0.2, 0.25) is 0 Å². The third-order valence-electron chi connectivity index (χ3n) is 3.40. The standard InChI is InChI=1S/C15H6ClNO6/c16-15(20)23-10-6-5-9-11(12(10)17(21)22)14(19)8-4-2-1-3-7(8)13(9)18/h1-6H. The van der Waals surface area contributed by atoms with Crippen LogP contribution < -0.4 is 4.74 Å². The number of hydrogen-bond donors (Lipinski definition) is 0. The van der Waals surface area contributed by atoms with Crippen molar-refractivity contribution in [3.8, 4) is 5.75 Å². The van der Waals surface area contributed by atoms with Gasteiger partial charge in [-0.3, -0.25) is 19.7 Å². The summed E-state index contributed by atoms with van der Waals surface area (Å²) >= 11 is 5.08. The molecule has 0 aliphatic heterocycles. The van der Waals surface area contributed by atoms with E-state index in [1.165, 1.54) is 18.2 Å². The van der Waals surface area contributed by atoms with E-state index in [4.69, 9.17) is 11.6 Å². The van der Waals surface area contributed by atoms with Gasteiger partial charge in [-0.05, 0) is 12.1 Å². The molecule has 0 aromatic heterocycles. The lowest BCUT2D eigenvalue weighted by Crippen LogP contribution is -2.22. The van der Waals surface area contributed by atoms with E-state index in [-0.39, 0.29) is 16.7 Å². The van der Waals surface area contributed by atoms with Crippen molar-refractivity contribution < 1.29 is 24.0 Å². The number of nitrogens with zero attached hydrogens (tertiary/aromatic N) is 1. The molecule has 8 heteroatoms. The molecular weight excluding hydrogens is 326 g/mol. The summed E-state index contributed by atoms with van der Waals surface area (Å²) in [6, 6.07) is 8.28. The van der Waals surface area contributed by atoms with E-state index in [1.807, 2.05) is 0 Å². The second kappa shape index (κ2) is 5.29. The molecule has 3 rings (SSSR count). The van der Waals surface area contributed by atoms with E-state index in [2.05, 4.69) is 4.74 Å². The van der Waals surface area contributed by atoms with Crippen LogP contribution in [0, 0.1) is 10.1 Å². The number of carbonyl (C=O) groups excluding carboxylic acids is 3. The van der Waals surface area contributed by atoms with Crippen LogP contribution in [0.3, 0.4) is 0 Å². The smallest absolute Gasteiger partial charge is 0.407 e. The Hall–Kier alpha value is -3.06. The van der Waals surface area contributed by atoms with Crippen molar-refractivity contribution >= 4 is 34.3 Å². The first kappa shape index (κ1) is 14.9. The molecule has 0 fully saturated rings. The van der Waals surface area contributed by atoms with E-state index < -0.39 is 38.9 Å². The van der Waals surface area contributed by atoms with Crippen LogP contribution >= 0.6 is 11.6 Å². The number of ether oxygens (including phenoxy) is 1. The van der Waals surface area contributed by atoms with Crippen molar-refractivity contribution in [3.05, 3.63) is 68.8 Å². The van der Waals surface area contributed by atoms with Gasteiger partial charge in [0.15, 0.2) is 5.78 Å². The first-order valence-corrected chi connectivity index (χ1v) is 6.66. The van der Waals surface area contributed by atoms with Gasteiger partial charge in [-0.15, -0.1) is 0 Å². The van der Waals surface area contributed by atoms with Crippen LogP contribution in [-0.4, -0.2) is 21.9 Å². The van der Waals surface area contributed by atoms with Gasteiger partial charge in [0.25, 0.3) is 0 Å². The molecule has 7 nitrogen and oxygen atoms in total. The number of halogens is 1. The summed E-state index contributed by atoms with van der Waals surface area (Å²) in [4.78, 5) is 46.4. The second-order valence-electron chi connectivity index (χ2n) is 4.64. The highest BCUT2D eigenvalue weighted by Gasteiger charge is 2.38. The Balaban J connectivity index is 2.32. The minimum absolute atomic E-state index is 0.0578. The van der Waals surface area contributed by atoms with E-state index in [9.17, 15) is 24.5 Å². The summed E-state index contributed by atoms with van der Waals surface area (Å²) in [5.74, 6) is -1.69. The van der Waals surface area contributed by atoms with Gasteiger partial charge in [0.05, 0.1) is 4.92 Å². The lowest BCUT2D eigenvalue weighted by Gasteiger charge is -2.17. The van der Waals surface area contributed by atoms with Crippen molar-refractivity contribution in [1.29, 1.82) is 0 Å². The second-order valence-corrected chi connectivity index (χ2v) is 4.94. The molecule has 0 heterocycles. The van der Waals surface area contributed by atoms with Crippen LogP contribution in [-0.2, 0) is 0 Å². The Bertz CT molecular complexity index is 905. The highest BCUT2D eigenvalue weighted by Crippen LogP contribution is 2.39. The summed E-state index contributed by atoms with van der Waals surface area (Å²) < 4.78 is 4.57. The molecule has 0 saturated carbocycles. The number of nitro benzene ring substituents is 1. The van der Waals surface area contributed by atoms with Crippen molar-refractivity contribution in [3.63, 3.8) is 0 Å². The average molecular weight is 332 g/mol. The third-order valence-corrected chi connectivity index (χ3v) is 3.48. The fraction of sp³-hybridized carbons (Fsp3) is 0. The molecule has 0 amide bonds. The van der Waals surface area contributed by atoms with Gasteiger partial charge in [0.1, 0.15) is 5.56 Å². The molecule has 0 unspecified atom stereocenters. The van der Waals surface area contributed by atoms with Crippen molar-refractivity contribution in [2.45, 2.75) is 0 Å². The molecule has 0 bridgehead atoms. The van der Waals surface area contributed by atoms with Crippen LogP contribution in [0.4, 0.5) is 10.5 Å². The molecule has 0 atom stereocenters. The number of fused-ring (bicyclic) bond motifs is 2. The fourth-order valence-corrected chi connectivity index (χ4v) is 2.58. The maximum atomic E-state index is 12.6. The first-order valence-electron chi connectivity index (χ1n) is 6.29. The molecule has 0 N–H and O–H groups in total. The largest absolute Gasteiger partial charge is 0.409 e. The van der Waals surface area contributed by atoms with Gasteiger partial charge in [-0.2, -0.15) is 0 Å². The number of benzene rings is 2. The highest BCUT2D eigenvalue weighted by atomic mass is 35.5. The number of ketones is 2. The van der Waals surface area contributed by atoms with Gasteiger partial charge in [0.2, 0.25) is 11.5 Å². The zero-order chi connectivity index (χ0) is 16.7. The number of hydrogen-bond acceptors (Lipinski definition) is 6. The molecule has 0 saturated heterocycles. The molecule has 0 radical (unpaired) electrons. The zero-order valence-corrected chi connectivity index (χ0v) is 12.0. The molecule has 1 aliphatic rings. The molecule has 114 valence electrons. The van der Waals surface area contributed by atoms with Crippen LogP contribution in [0.15, 0.2) is 36.4 Å². The molecule has 2 aromatic carbocycles. The predicted molar refractivity (Wildman–Crippen MR) is 78.3 cm³/mol. The monoisotopic (exact) mass is 331 g/mol. The lowest BCUT2D eigenvalue weighted by atomic mass is 9.83. The average Bonchev–Trinajstić information content (AvgIpc) is 2.51. The summed E-state index contributed by atoms with van der Waals surface area (Å²) in [5, 5.41) is 11.3. The molecule has 1 aliphatic carbocycles. The highest BCUT2D eigenvalue weighted by molar-refractivity contribution is 6.61. The Morgan fingerprint density at radius 3 is 2.17 bits per heavy atom. The van der Waals surface area contributed by atoms with Crippen molar-refractivity contribution in [2.24, 2.45) is 0 Å². The van der Waals surface area contributed by atoms with Crippen LogP contribution in [0.1, 0.15) is 31.8 Å². The summed E-state index contributed by atoms with van der Waals surface area (Å²) in [5.41, 5.74) is -2.35. The quantitative estimate of drug-likeness (QED) is 0.406. The van der Waals surface area contributed by atoms with Crippen molar-refractivity contribution in [1.82, 2.24) is 0 Å². The van der Waals surface area contributed by atoms with E-state index in [1.54, 1.807) is 12.1 Å². The van der Waals surface area contributed by atoms with Gasteiger partial charge in [-0.1, -0.05) is 24.3 Å². The Labute approximate surface area is 133 Å². The summed E-state index contributed by atoms with van der Waals surface area (Å²) in [6.45, 7) is 0. The number of carbonyl (C=O) groups is 3. The minimum Gasteiger partial charge on any atom is -0.407 e. The van der Waals surface area contributed by atoms with E-state index >= 15 is 0 Å². The maximum Gasteiger partial charge on any atom is 0.409 e. The molecular formula is C15H6ClNO6. The van der Waals surface area contributed by atoms with Gasteiger partial charge in [0, 0.05) is 28.3 Å². The number of nitro groups is 1. The first-order chi connectivity index (χ1) is 10.9. The Kier molecular flexibility index (Phi) is 3.42. The minimum atomic E-state index is -1.29. The van der Waals surface area contributed by atoms with Gasteiger partial charge < -0.3 is 4.74 Å². The zero-order valence-electron chi connectivity index (χ0n) is 11.2. The molecule has 2 aromatic rings. The van der Waals surface area contributed by atoms with E-state index in [0.29, 0.717) is 0 Å². The van der Waals surface area contributed by atoms with E-state index in [0.717, 1.165) is 6.07 Å². The SMILES string of the molecule is O=C(Cl)Oc1ccc2c(c1[N+](=O)[O-])C(=O)c1ccccc1C2=O.